The van der Waals surface area contributed by atoms with E-state index in [0.717, 1.165) is 63.6 Å². The third-order valence-electron chi connectivity index (χ3n) is 6.29. The van der Waals surface area contributed by atoms with Crippen LogP contribution in [0.4, 0.5) is 5.69 Å². The van der Waals surface area contributed by atoms with Gasteiger partial charge in [-0.05, 0) is 56.7 Å². The van der Waals surface area contributed by atoms with E-state index in [1.165, 1.54) is 24.1 Å². The molecule has 0 bridgehead atoms. The second-order valence-corrected chi connectivity index (χ2v) is 8.54. The van der Waals surface area contributed by atoms with Gasteiger partial charge in [0, 0.05) is 51.9 Å². The van der Waals surface area contributed by atoms with Gasteiger partial charge in [0.25, 0.3) is 0 Å². The van der Waals surface area contributed by atoms with Gasteiger partial charge in [0.05, 0.1) is 6.04 Å². The zero-order chi connectivity index (χ0) is 21.6. The summed E-state index contributed by atoms with van der Waals surface area (Å²) in [5.74, 6) is 1.71. The lowest BCUT2D eigenvalue weighted by atomic mass is 10.1. The summed E-state index contributed by atoms with van der Waals surface area (Å²) in [4.78, 5) is 19.2. The molecular weight excluding hydrogens is 390 g/mol. The first-order valence-corrected chi connectivity index (χ1v) is 11.6. The predicted octanol–water partition coefficient (Wildman–Crippen LogP) is 2.30. The molecule has 0 spiro atoms. The molecule has 0 saturated carbocycles. The number of benzene rings is 1. The Morgan fingerprint density at radius 1 is 1.19 bits per heavy atom. The van der Waals surface area contributed by atoms with E-state index in [1.807, 2.05) is 4.57 Å². The highest BCUT2D eigenvalue weighted by Gasteiger charge is 2.17. The lowest BCUT2D eigenvalue weighted by Gasteiger charge is -2.22. The molecule has 2 aliphatic rings. The Hall–Kier alpha value is -2.77. The number of aliphatic imine (C=N–C) groups is 1. The smallest absolute Gasteiger partial charge is 0.345 e. The first-order valence-electron chi connectivity index (χ1n) is 11.6. The molecule has 1 saturated heterocycles. The van der Waals surface area contributed by atoms with Gasteiger partial charge < -0.3 is 15.5 Å². The summed E-state index contributed by atoms with van der Waals surface area (Å²) in [5, 5.41) is 11.4. The van der Waals surface area contributed by atoms with Crippen molar-refractivity contribution in [3.63, 3.8) is 0 Å². The highest BCUT2D eigenvalue weighted by molar-refractivity contribution is 5.80. The molecule has 2 N–H and O–H groups in total. The summed E-state index contributed by atoms with van der Waals surface area (Å²) in [6.45, 7) is 6.62. The van der Waals surface area contributed by atoms with Crippen molar-refractivity contribution in [1.29, 1.82) is 0 Å². The number of guanidine groups is 1. The fourth-order valence-electron chi connectivity index (χ4n) is 4.48. The second-order valence-electron chi connectivity index (χ2n) is 8.54. The van der Waals surface area contributed by atoms with Crippen molar-refractivity contribution in [2.45, 2.75) is 64.6 Å². The van der Waals surface area contributed by atoms with E-state index in [-0.39, 0.29) is 11.7 Å². The average Bonchev–Trinajstić information content (AvgIpc) is 3.45. The molecular formula is C23H35N7O. The van der Waals surface area contributed by atoms with Crippen LogP contribution in [0.25, 0.3) is 0 Å². The Balaban J connectivity index is 1.27. The van der Waals surface area contributed by atoms with E-state index in [1.54, 1.807) is 11.7 Å². The summed E-state index contributed by atoms with van der Waals surface area (Å²) >= 11 is 0. The minimum absolute atomic E-state index is 0.0312. The van der Waals surface area contributed by atoms with Crippen LogP contribution in [-0.4, -0.2) is 47.0 Å². The Morgan fingerprint density at radius 2 is 2.00 bits per heavy atom. The standard InChI is InChI=1S/C23H35N7O/c1-18(19-9-7-10-20(17-19)28-13-5-6-14-28)26-22(24-2)25-12-8-16-30-23(31)29-15-4-3-11-21(29)27-30/h7,9-10,17-18H,3-6,8,11-16H2,1-2H3,(H2,24,25,26). The van der Waals surface area contributed by atoms with Crippen molar-refractivity contribution in [2.24, 2.45) is 4.99 Å². The maximum absolute atomic E-state index is 12.4. The SMILES string of the molecule is CN=C(NCCCn1nc2n(c1=O)CCCC2)NC(C)c1cccc(N2CCCC2)c1. The molecule has 31 heavy (non-hydrogen) atoms. The van der Waals surface area contributed by atoms with Crippen LogP contribution in [0, 0.1) is 0 Å². The van der Waals surface area contributed by atoms with Crippen LogP contribution in [-0.2, 0) is 19.5 Å². The highest BCUT2D eigenvalue weighted by Crippen LogP contribution is 2.23. The Labute approximate surface area is 184 Å². The quantitative estimate of drug-likeness (QED) is 0.404. The van der Waals surface area contributed by atoms with E-state index in [4.69, 9.17) is 0 Å². The van der Waals surface area contributed by atoms with Crippen LogP contribution < -0.4 is 21.2 Å². The Kier molecular flexibility index (Phi) is 6.94. The molecule has 0 radical (unpaired) electrons. The molecule has 168 valence electrons. The second kappa shape index (κ2) is 10.0. The van der Waals surface area contributed by atoms with Crippen LogP contribution in [0.5, 0.6) is 0 Å². The van der Waals surface area contributed by atoms with E-state index >= 15 is 0 Å². The summed E-state index contributed by atoms with van der Waals surface area (Å²) in [6.07, 6.45) is 6.48. The maximum atomic E-state index is 12.4. The minimum atomic E-state index is 0.0312. The minimum Gasteiger partial charge on any atom is -0.372 e. The van der Waals surface area contributed by atoms with Crippen LogP contribution in [0.1, 0.15) is 56.5 Å². The van der Waals surface area contributed by atoms with Gasteiger partial charge in [-0.1, -0.05) is 12.1 Å². The zero-order valence-corrected chi connectivity index (χ0v) is 18.8. The molecule has 1 fully saturated rings. The molecule has 1 aromatic carbocycles. The number of aromatic nitrogens is 3. The number of nitrogens with one attached hydrogen (secondary N) is 2. The van der Waals surface area contributed by atoms with Crippen molar-refractivity contribution in [1.82, 2.24) is 25.0 Å². The monoisotopic (exact) mass is 425 g/mol. The number of aryl methyl sites for hydroxylation is 2. The number of hydrogen-bond donors (Lipinski definition) is 2. The van der Waals surface area contributed by atoms with Gasteiger partial charge in [-0.15, -0.1) is 0 Å². The lowest BCUT2D eigenvalue weighted by Crippen LogP contribution is -2.39. The molecule has 1 aromatic heterocycles. The first kappa shape index (κ1) is 21.5. The van der Waals surface area contributed by atoms with Gasteiger partial charge in [-0.2, -0.15) is 5.10 Å². The average molecular weight is 426 g/mol. The third-order valence-corrected chi connectivity index (χ3v) is 6.29. The van der Waals surface area contributed by atoms with Gasteiger partial charge in [0.2, 0.25) is 0 Å². The summed E-state index contributed by atoms with van der Waals surface area (Å²) in [6, 6.07) is 8.93. The lowest BCUT2D eigenvalue weighted by molar-refractivity contribution is 0.509. The summed E-state index contributed by atoms with van der Waals surface area (Å²) in [5.41, 5.74) is 2.59. The van der Waals surface area contributed by atoms with E-state index < -0.39 is 0 Å². The molecule has 2 aromatic rings. The van der Waals surface area contributed by atoms with Gasteiger partial charge >= 0.3 is 5.69 Å². The predicted molar refractivity (Wildman–Crippen MR) is 125 cm³/mol. The number of rotatable bonds is 7. The number of fused-ring (bicyclic) bond motifs is 1. The normalized spacial score (nSPS) is 17.5. The molecule has 2 aliphatic heterocycles. The van der Waals surface area contributed by atoms with E-state index in [0.29, 0.717) is 6.54 Å². The van der Waals surface area contributed by atoms with Gasteiger partial charge in [0.15, 0.2) is 5.96 Å². The van der Waals surface area contributed by atoms with Crippen molar-refractivity contribution in [3.8, 4) is 0 Å². The van der Waals surface area contributed by atoms with Crippen LogP contribution in [0.2, 0.25) is 0 Å². The highest BCUT2D eigenvalue weighted by atomic mass is 16.2. The number of anilines is 1. The molecule has 0 amide bonds. The van der Waals surface area contributed by atoms with Crippen molar-refractivity contribution in [2.75, 3.05) is 31.6 Å². The Bertz CT molecular complexity index is 955. The van der Waals surface area contributed by atoms with Gasteiger partial charge in [-0.25, -0.2) is 9.48 Å². The molecule has 3 heterocycles. The largest absolute Gasteiger partial charge is 0.372 e. The molecule has 4 rings (SSSR count). The third kappa shape index (κ3) is 5.11. The van der Waals surface area contributed by atoms with Crippen LogP contribution >= 0.6 is 0 Å². The van der Waals surface area contributed by atoms with Crippen molar-refractivity contribution in [3.05, 3.63) is 46.1 Å². The molecule has 1 unspecified atom stereocenters. The van der Waals surface area contributed by atoms with E-state index in [9.17, 15) is 4.79 Å². The molecule has 0 aliphatic carbocycles. The number of hydrogen-bond acceptors (Lipinski definition) is 4. The van der Waals surface area contributed by atoms with Crippen LogP contribution in [0.3, 0.4) is 0 Å². The topological polar surface area (TPSA) is 79.5 Å². The summed E-state index contributed by atoms with van der Waals surface area (Å²) in [7, 11) is 1.79. The van der Waals surface area contributed by atoms with Gasteiger partial charge in [-0.3, -0.25) is 9.56 Å². The van der Waals surface area contributed by atoms with Crippen molar-refractivity contribution >= 4 is 11.6 Å². The molecule has 1 atom stereocenters. The zero-order valence-electron chi connectivity index (χ0n) is 18.8. The Morgan fingerprint density at radius 3 is 2.77 bits per heavy atom. The maximum Gasteiger partial charge on any atom is 0.345 e. The van der Waals surface area contributed by atoms with E-state index in [2.05, 4.69) is 56.8 Å². The fraction of sp³-hybridized carbons (Fsp3) is 0.609. The van der Waals surface area contributed by atoms with Gasteiger partial charge in [0.1, 0.15) is 5.82 Å². The molecule has 8 nitrogen and oxygen atoms in total. The summed E-state index contributed by atoms with van der Waals surface area (Å²) < 4.78 is 3.44. The number of nitrogens with zero attached hydrogens (tertiary/aromatic N) is 5. The van der Waals surface area contributed by atoms with Crippen LogP contribution in [0.15, 0.2) is 34.1 Å². The fourth-order valence-corrected chi connectivity index (χ4v) is 4.48. The van der Waals surface area contributed by atoms with Crippen molar-refractivity contribution < 1.29 is 0 Å². The molecule has 8 heteroatoms. The first-order chi connectivity index (χ1) is 15.2.